The molecule has 0 heterocycles. The van der Waals surface area contributed by atoms with Gasteiger partial charge in [-0.25, -0.2) is 9.18 Å². The first kappa shape index (κ1) is 13.1. The number of halogens is 1. The molecule has 0 aromatic heterocycles. The summed E-state index contributed by atoms with van der Waals surface area (Å²) in [6, 6.07) is 13.0. The van der Waals surface area contributed by atoms with Gasteiger partial charge in [0.15, 0.2) is 0 Å². The Morgan fingerprint density at radius 2 is 1.89 bits per heavy atom. The Hall–Kier alpha value is -2.36. The normalized spacial score (nSPS) is 11.9. The smallest absolute Gasteiger partial charge is 0.340 e. The topological polar surface area (TPSA) is 52.3 Å². The average Bonchev–Trinajstić information content (AvgIpc) is 2.39. The molecule has 3 nitrogen and oxygen atoms in total. The summed E-state index contributed by atoms with van der Waals surface area (Å²) < 4.78 is 18.2. The van der Waals surface area contributed by atoms with Crippen molar-refractivity contribution in [1.82, 2.24) is 0 Å². The summed E-state index contributed by atoms with van der Waals surface area (Å²) in [6.45, 7) is 1.77. The first-order chi connectivity index (χ1) is 9.08. The van der Waals surface area contributed by atoms with Crippen molar-refractivity contribution in [2.75, 3.05) is 5.73 Å². The lowest BCUT2D eigenvalue weighted by Crippen LogP contribution is -2.11. The summed E-state index contributed by atoms with van der Waals surface area (Å²) in [5.41, 5.74) is 6.73. The molecule has 0 aliphatic carbocycles. The maximum atomic E-state index is 12.9. The third-order valence-corrected chi connectivity index (χ3v) is 2.79. The van der Waals surface area contributed by atoms with E-state index in [-0.39, 0.29) is 11.3 Å². The molecule has 1 unspecified atom stereocenters. The molecule has 98 valence electrons. The van der Waals surface area contributed by atoms with Crippen LogP contribution in [-0.2, 0) is 4.74 Å². The minimum absolute atomic E-state index is 0.0743. The van der Waals surface area contributed by atoms with Gasteiger partial charge in [0.2, 0.25) is 0 Å². The van der Waals surface area contributed by atoms with Crippen LogP contribution in [-0.4, -0.2) is 5.97 Å². The second kappa shape index (κ2) is 5.52. The van der Waals surface area contributed by atoms with Crippen molar-refractivity contribution in [2.24, 2.45) is 0 Å². The van der Waals surface area contributed by atoms with Gasteiger partial charge in [0.1, 0.15) is 11.9 Å². The van der Waals surface area contributed by atoms with Gasteiger partial charge in [-0.05, 0) is 30.7 Å². The third kappa shape index (κ3) is 3.10. The number of nitrogen functional groups attached to an aromatic ring is 1. The van der Waals surface area contributed by atoms with Crippen molar-refractivity contribution in [1.29, 1.82) is 0 Å². The van der Waals surface area contributed by atoms with Gasteiger partial charge >= 0.3 is 5.97 Å². The van der Waals surface area contributed by atoms with Crippen LogP contribution in [0.3, 0.4) is 0 Å². The van der Waals surface area contributed by atoms with E-state index < -0.39 is 17.9 Å². The monoisotopic (exact) mass is 259 g/mol. The molecule has 2 N–H and O–H groups in total. The number of benzene rings is 2. The SMILES string of the molecule is CC(OC(=O)c1ccc(F)cc1N)c1ccccc1. The number of rotatable bonds is 3. The molecule has 4 heteroatoms. The predicted molar refractivity (Wildman–Crippen MR) is 71.1 cm³/mol. The zero-order valence-corrected chi connectivity index (χ0v) is 10.5. The van der Waals surface area contributed by atoms with Gasteiger partial charge in [0.05, 0.1) is 5.56 Å². The lowest BCUT2D eigenvalue weighted by Gasteiger charge is -2.14. The Morgan fingerprint density at radius 1 is 1.21 bits per heavy atom. The van der Waals surface area contributed by atoms with E-state index in [0.717, 1.165) is 11.6 Å². The largest absolute Gasteiger partial charge is 0.454 e. The highest BCUT2D eigenvalue weighted by Crippen LogP contribution is 2.21. The van der Waals surface area contributed by atoms with E-state index in [4.69, 9.17) is 10.5 Å². The highest BCUT2D eigenvalue weighted by molar-refractivity contribution is 5.95. The molecular formula is C15H14FNO2. The summed E-state index contributed by atoms with van der Waals surface area (Å²) in [4.78, 5) is 11.9. The summed E-state index contributed by atoms with van der Waals surface area (Å²) in [5, 5.41) is 0. The minimum atomic E-state index is -0.561. The maximum absolute atomic E-state index is 12.9. The molecule has 0 aliphatic rings. The molecule has 2 aromatic rings. The number of nitrogens with two attached hydrogens (primary N) is 1. The van der Waals surface area contributed by atoms with Crippen molar-refractivity contribution < 1.29 is 13.9 Å². The fourth-order valence-corrected chi connectivity index (χ4v) is 1.74. The number of carbonyl (C=O) groups is 1. The standard InChI is InChI=1S/C15H14FNO2/c1-10(11-5-3-2-4-6-11)19-15(18)13-8-7-12(16)9-14(13)17/h2-10H,17H2,1H3. The molecule has 0 bridgehead atoms. The summed E-state index contributed by atoms with van der Waals surface area (Å²) in [6.07, 6.45) is -0.391. The molecule has 0 fully saturated rings. The predicted octanol–water partition coefficient (Wildman–Crippen LogP) is 3.33. The Labute approximate surface area is 110 Å². The Bertz CT molecular complexity index is 584. The quantitative estimate of drug-likeness (QED) is 0.679. The number of hydrogen-bond acceptors (Lipinski definition) is 3. The first-order valence-electron chi connectivity index (χ1n) is 5.89. The lowest BCUT2D eigenvalue weighted by atomic mass is 10.1. The van der Waals surface area contributed by atoms with Gasteiger partial charge < -0.3 is 10.5 Å². The van der Waals surface area contributed by atoms with E-state index in [1.54, 1.807) is 6.92 Å². The molecule has 2 aromatic carbocycles. The summed E-state index contributed by atoms with van der Waals surface area (Å²) in [7, 11) is 0. The van der Waals surface area contributed by atoms with Crippen molar-refractivity contribution in [3.63, 3.8) is 0 Å². The molecule has 19 heavy (non-hydrogen) atoms. The first-order valence-corrected chi connectivity index (χ1v) is 5.89. The van der Waals surface area contributed by atoms with Crippen molar-refractivity contribution >= 4 is 11.7 Å². The second-order valence-electron chi connectivity index (χ2n) is 4.19. The van der Waals surface area contributed by atoms with E-state index in [9.17, 15) is 9.18 Å². The van der Waals surface area contributed by atoms with Gasteiger partial charge in [-0.2, -0.15) is 0 Å². The maximum Gasteiger partial charge on any atom is 0.340 e. The fraction of sp³-hybridized carbons (Fsp3) is 0.133. The van der Waals surface area contributed by atoms with Crippen LogP contribution < -0.4 is 5.73 Å². The van der Waals surface area contributed by atoms with Crippen LogP contribution in [0.2, 0.25) is 0 Å². The molecule has 0 saturated carbocycles. The van der Waals surface area contributed by atoms with Crippen molar-refractivity contribution in [2.45, 2.75) is 13.0 Å². The van der Waals surface area contributed by atoms with Gasteiger partial charge in [-0.1, -0.05) is 30.3 Å². The lowest BCUT2D eigenvalue weighted by molar-refractivity contribution is 0.0339. The van der Waals surface area contributed by atoms with Crippen LogP contribution in [0.25, 0.3) is 0 Å². The molecule has 1 atom stereocenters. The number of carbonyl (C=O) groups excluding carboxylic acids is 1. The van der Waals surface area contributed by atoms with Crippen LogP contribution in [0.1, 0.15) is 28.9 Å². The van der Waals surface area contributed by atoms with Crippen LogP contribution in [0.5, 0.6) is 0 Å². The van der Waals surface area contributed by atoms with Crippen molar-refractivity contribution in [3.05, 3.63) is 65.5 Å². The van der Waals surface area contributed by atoms with Crippen LogP contribution >= 0.6 is 0 Å². The van der Waals surface area contributed by atoms with Gasteiger partial charge in [-0.15, -0.1) is 0 Å². The molecule has 0 aliphatic heterocycles. The van der Waals surface area contributed by atoms with E-state index >= 15 is 0 Å². The van der Waals surface area contributed by atoms with E-state index in [1.165, 1.54) is 12.1 Å². The minimum Gasteiger partial charge on any atom is -0.454 e. The van der Waals surface area contributed by atoms with Gasteiger partial charge in [0, 0.05) is 5.69 Å². The fourth-order valence-electron chi connectivity index (χ4n) is 1.74. The molecule has 0 saturated heterocycles. The Morgan fingerprint density at radius 3 is 2.53 bits per heavy atom. The zero-order chi connectivity index (χ0) is 13.8. The average molecular weight is 259 g/mol. The molecule has 0 spiro atoms. The van der Waals surface area contributed by atoms with E-state index in [2.05, 4.69) is 0 Å². The molecule has 0 amide bonds. The highest BCUT2D eigenvalue weighted by atomic mass is 19.1. The molecule has 2 rings (SSSR count). The molecular weight excluding hydrogens is 245 g/mol. The van der Waals surface area contributed by atoms with Crippen LogP contribution in [0, 0.1) is 5.82 Å². The van der Waals surface area contributed by atoms with Crippen molar-refractivity contribution in [3.8, 4) is 0 Å². The number of ether oxygens (including phenoxy) is 1. The third-order valence-electron chi connectivity index (χ3n) is 2.79. The highest BCUT2D eigenvalue weighted by Gasteiger charge is 2.16. The van der Waals surface area contributed by atoms with Gasteiger partial charge in [0.25, 0.3) is 0 Å². The van der Waals surface area contributed by atoms with Gasteiger partial charge in [-0.3, -0.25) is 0 Å². The summed E-state index contributed by atoms with van der Waals surface area (Å²) >= 11 is 0. The summed E-state index contributed by atoms with van der Waals surface area (Å²) in [5.74, 6) is -1.04. The Kier molecular flexibility index (Phi) is 3.80. The Balaban J connectivity index is 2.13. The van der Waals surface area contributed by atoms with Crippen LogP contribution in [0.4, 0.5) is 10.1 Å². The van der Waals surface area contributed by atoms with E-state index in [1.807, 2.05) is 30.3 Å². The zero-order valence-electron chi connectivity index (χ0n) is 10.5. The number of anilines is 1. The number of hydrogen-bond donors (Lipinski definition) is 1. The van der Waals surface area contributed by atoms with Crippen LogP contribution in [0.15, 0.2) is 48.5 Å². The second-order valence-corrected chi connectivity index (χ2v) is 4.19. The number of esters is 1. The van der Waals surface area contributed by atoms with E-state index in [0.29, 0.717) is 0 Å². The molecule has 0 radical (unpaired) electrons.